The first-order valence-corrected chi connectivity index (χ1v) is 6.46. The van der Waals surface area contributed by atoms with E-state index >= 15 is 0 Å². The van der Waals surface area contributed by atoms with Gasteiger partial charge in [-0.3, -0.25) is 0 Å². The van der Waals surface area contributed by atoms with Crippen molar-refractivity contribution in [2.45, 2.75) is 39.2 Å². The molecule has 0 aliphatic carbocycles. The SMILES string of the molecule is Cc1nccc(C(O)c2ccc(C(C)(C)C)cc2)n1. The Kier molecular flexibility index (Phi) is 3.67. The summed E-state index contributed by atoms with van der Waals surface area (Å²) in [4.78, 5) is 8.30. The van der Waals surface area contributed by atoms with Crippen molar-refractivity contribution in [1.29, 1.82) is 0 Å². The van der Waals surface area contributed by atoms with E-state index in [9.17, 15) is 5.11 Å². The minimum atomic E-state index is -0.698. The van der Waals surface area contributed by atoms with Gasteiger partial charge in [-0.05, 0) is 29.5 Å². The van der Waals surface area contributed by atoms with Crippen molar-refractivity contribution in [2.75, 3.05) is 0 Å². The minimum Gasteiger partial charge on any atom is -0.382 e. The van der Waals surface area contributed by atoms with Crippen molar-refractivity contribution in [2.24, 2.45) is 0 Å². The summed E-state index contributed by atoms with van der Waals surface area (Å²) in [6.07, 6.45) is 0.973. The molecule has 1 aromatic carbocycles. The normalized spacial score (nSPS) is 13.3. The topological polar surface area (TPSA) is 46.0 Å². The van der Waals surface area contributed by atoms with E-state index < -0.39 is 6.10 Å². The van der Waals surface area contributed by atoms with Crippen LogP contribution >= 0.6 is 0 Å². The summed E-state index contributed by atoms with van der Waals surface area (Å²) < 4.78 is 0. The first-order chi connectivity index (χ1) is 8.88. The van der Waals surface area contributed by atoms with Crippen LogP contribution in [0.2, 0.25) is 0 Å². The van der Waals surface area contributed by atoms with Crippen LogP contribution in [-0.2, 0) is 5.41 Å². The van der Waals surface area contributed by atoms with Crippen molar-refractivity contribution < 1.29 is 5.11 Å². The molecule has 0 amide bonds. The summed E-state index contributed by atoms with van der Waals surface area (Å²) >= 11 is 0. The zero-order valence-electron chi connectivity index (χ0n) is 11.9. The van der Waals surface area contributed by atoms with Crippen molar-refractivity contribution in [3.8, 4) is 0 Å². The third kappa shape index (κ3) is 3.18. The molecule has 100 valence electrons. The summed E-state index contributed by atoms with van der Waals surface area (Å²) in [7, 11) is 0. The van der Waals surface area contributed by atoms with E-state index in [1.807, 2.05) is 19.1 Å². The third-order valence-electron chi connectivity index (χ3n) is 3.17. The lowest BCUT2D eigenvalue weighted by molar-refractivity contribution is 0.215. The van der Waals surface area contributed by atoms with Gasteiger partial charge >= 0.3 is 0 Å². The van der Waals surface area contributed by atoms with E-state index in [1.54, 1.807) is 12.3 Å². The van der Waals surface area contributed by atoms with Crippen LogP contribution in [0.3, 0.4) is 0 Å². The predicted molar refractivity (Wildman–Crippen MR) is 76.0 cm³/mol. The average Bonchev–Trinajstić information content (AvgIpc) is 2.37. The van der Waals surface area contributed by atoms with Gasteiger partial charge in [-0.15, -0.1) is 0 Å². The highest BCUT2D eigenvalue weighted by Gasteiger charge is 2.16. The largest absolute Gasteiger partial charge is 0.382 e. The van der Waals surface area contributed by atoms with Gasteiger partial charge in [0.05, 0.1) is 5.69 Å². The minimum absolute atomic E-state index is 0.120. The lowest BCUT2D eigenvalue weighted by atomic mass is 9.86. The van der Waals surface area contributed by atoms with Crippen LogP contribution in [0.1, 0.15) is 49.5 Å². The van der Waals surface area contributed by atoms with E-state index in [4.69, 9.17) is 0 Å². The number of rotatable bonds is 2. The maximum atomic E-state index is 10.3. The first kappa shape index (κ1) is 13.7. The Morgan fingerprint density at radius 3 is 2.21 bits per heavy atom. The summed E-state index contributed by atoms with van der Waals surface area (Å²) in [6, 6.07) is 9.79. The fourth-order valence-corrected chi connectivity index (χ4v) is 1.96. The predicted octanol–water partition coefficient (Wildman–Crippen LogP) is 3.16. The number of benzene rings is 1. The third-order valence-corrected chi connectivity index (χ3v) is 3.17. The molecule has 1 aromatic heterocycles. The number of aliphatic hydroxyl groups excluding tert-OH is 1. The molecule has 3 heteroatoms. The molecule has 0 bridgehead atoms. The fraction of sp³-hybridized carbons (Fsp3) is 0.375. The maximum Gasteiger partial charge on any atom is 0.125 e. The number of aliphatic hydroxyl groups is 1. The van der Waals surface area contributed by atoms with E-state index in [-0.39, 0.29) is 5.41 Å². The molecular weight excluding hydrogens is 236 g/mol. The Balaban J connectivity index is 2.27. The van der Waals surface area contributed by atoms with Gasteiger partial charge in [0.1, 0.15) is 11.9 Å². The van der Waals surface area contributed by atoms with Gasteiger partial charge in [-0.1, -0.05) is 45.0 Å². The zero-order chi connectivity index (χ0) is 14.0. The highest BCUT2D eigenvalue weighted by molar-refractivity contribution is 5.31. The van der Waals surface area contributed by atoms with Crippen LogP contribution in [0.15, 0.2) is 36.5 Å². The highest BCUT2D eigenvalue weighted by atomic mass is 16.3. The van der Waals surface area contributed by atoms with Gasteiger partial charge in [0.25, 0.3) is 0 Å². The molecule has 0 saturated carbocycles. The molecule has 3 nitrogen and oxygen atoms in total. The Bertz CT molecular complexity index is 556. The fourth-order valence-electron chi connectivity index (χ4n) is 1.96. The first-order valence-electron chi connectivity index (χ1n) is 6.46. The zero-order valence-corrected chi connectivity index (χ0v) is 11.9. The van der Waals surface area contributed by atoms with Crippen LogP contribution in [0.25, 0.3) is 0 Å². The Hall–Kier alpha value is -1.74. The van der Waals surface area contributed by atoms with Crippen LogP contribution in [0, 0.1) is 6.92 Å². The monoisotopic (exact) mass is 256 g/mol. The van der Waals surface area contributed by atoms with Crippen LogP contribution in [0.4, 0.5) is 0 Å². The molecule has 19 heavy (non-hydrogen) atoms. The van der Waals surface area contributed by atoms with Gasteiger partial charge in [0.15, 0.2) is 0 Å². The van der Waals surface area contributed by atoms with Gasteiger partial charge in [0, 0.05) is 6.20 Å². The Morgan fingerprint density at radius 1 is 1.05 bits per heavy atom. The molecule has 1 unspecified atom stereocenters. The second-order valence-corrected chi connectivity index (χ2v) is 5.80. The smallest absolute Gasteiger partial charge is 0.125 e. The van der Waals surface area contributed by atoms with Crippen molar-refractivity contribution in [1.82, 2.24) is 9.97 Å². The van der Waals surface area contributed by atoms with E-state index in [0.29, 0.717) is 11.5 Å². The molecule has 1 atom stereocenters. The molecule has 2 aromatic rings. The average molecular weight is 256 g/mol. The maximum absolute atomic E-state index is 10.3. The second kappa shape index (κ2) is 5.10. The van der Waals surface area contributed by atoms with Crippen molar-refractivity contribution >= 4 is 0 Å². The highest BCUT2D eigenvalue weighted by Crippen LogP contribution is 2.25. The molecule has 0 aliphatic rings. The van der Waals surface area contributed by atoms with Gasteiger partial charge in [0.2, 0.25) is 0 Å². The van der Waals surface area contributed by atoms with Crippen molar-refractivity contribution in [3.05, 3.63) is 59.2 Å². The van der Waals surface area contributed by atoms with E-state index in [2.05, 4.69) is 42.9 Å². The lowest BCUT2D eigenvalue weighted by Crippen LogP contribution is -2.11. The number of aromatic nitrogens is 2. The Labute approximate surface area is 114 Å². The van der Waals surface area contributed by atoms with Gasteiger partial charge in [-0.25, -0.2) is 9.97 Å². The van der Waals surface area contributed by atoms with Crippen LogP contribution < -0.4 is 0 Å². The van der Waals surface area contributed by atoms with E-state index in [1.165, 1.54) is 5.56 Å². The lowest BCUT2D eigenvalue weighted by Gasteiger charge is -2.20. The standard InChI is InChI=1S/C16H20N2O/c1-11-17-10-9-14(18-11)15(19)12-5-7-13(8-6-12)16(2,3)4/h5-10,15,19H,1-4H3. The Morgan fingerprint density at radius 2 is 1.68 bits per heavy atom. The number of hydrogen-bond acceptors (Lipinski definition) is 3. The van der Waals surface area contributed by atoms with Crippen LogP contribution in [0.5, 0.6) is 0 Å². The number of nitrogens with zero attached hydrogens (tertiary/aromatic N) is 2. The quantitative estimate of drug-likeness (QED) is 0.897. The summed E-state index contributed by atoms with van der Waals surface area (Å²) in [5.41, 5.74) is 2.86. The summed E-state index contributed by atoms with van der Waals surface area (Å²) in [5.74, 6) is 0.669. The molecule has 0 spiro atoms. The molecular formula is C16H20N2O. The molecule has 1 N–H and O–H groups in total. The summed E-state index contributed by atoms with van der Waals surface area (Å²) in [6.45, 7) is 8.34. The number of hydrogen-bond donors (Lipinski definition) is 1. The van der Waals surface area contributed by atoms with Gasteiger partial charge in [-0.2, -0.15) is 0 Å². The second-order valence-electron chi connectivity index (χ2n) is 5.80. The summed E-state index contributed by atoms with van der Waals surface area (Å²) in [5, 5.41) is 10.3. The molecule has 0 saturated heterocycles. The number of aryl methyl sites for hydroxylation is 1. The molecule has 0 radical (unpaired) electrons. The molecule has 0 fully saturated rings. The van der Waals surface area contributed by atoms with Crippen LogP contribution in [-0.4, -0.2) is 15.1 Å². The van der Waals surface area contributed by atoms with Crippen molar-refractivity contribution in [3.63, 3.8) is 0 Å². The van der Waals surface area contributed by atoms with Gasteiger partial charge < -0.3 is 5.11 Å². The molecule has 2 rings (SSSR count). The van der Waals surface area contributed by atoms with E-state index in [0.717, 1.165) is 5.56 Å². The molecule has 1 heterocycles. The molecule has 0 aliphatic heterocycles.